The Bertz CT molecular complexity index is 467. The highest BCUT2D eigenvalue weighted by Gasteiger charge is 2.16. The smallest absolute Gasteiger partial charge is 0.211 e. The molecule has 0 heterocycles. The molecule has 1 rings (SSSR count). The van der Waals surface area contributed by atoms with Crippen LogP contribution < -0.4 is 5.32 Å². The molecule has 1 amide bonds. The van der Waals surface area contributed by atoms with Gasteiger partial charge in [0.25, 0.3) is 0 Å². The van der Waals surface area contributed by atoms with E-state index in [4.69, 9.17) is 0 Å². The lowest BCUT2D eigenvalue weighted by atomic mass is 9.82. The van der Waals surface area contributed by atoms with Gasteiger partial charge in [0.15, 0.2) is 0 Å². The van der Waals surface area contributed by atoms with Gasteiger partial charge in [-0.2, -0.15) is 0 Å². The summed E-state index contributed by atoms with van der Waals surface area (Å²) in [4.78, 5) is 10.2. The fraction of sp³-hybridized carbons (Fsp3) is 0.353. The summed E-state index contributed by atoms with van der Waals surface area (Å²) in [6, 6.07) is 8.63. The average molecular weight is 257 g/mol. The Morgan fingerprint density at radius 3 is 2.42 bits per heavy atom. The normalized spacial score (nSPS) is 12.7. The largest absolute Gasteiger partial charge is 0.335 e. The maximum atomic E-state index is 10.2. The average Bonchev–Trinajstić information content (AvgIpc) is 2.43. The van der Waals surface area contributed by atoms with Crippen molar-refractivity contribution in [3.8, 4) is 0 Å². The lowest BCUT2D eigenvalue weighted by molar-refractivity contribution is -0.108. The van der Waals surface area contributed by atoms with Crippen molar-refractivity contribution in [3.05, 3.63) is 53.2 Å². The van der Waals surface area contributed by atoms with Crippen molar-refractivity contribution in [2.75, 3.05) is 0 Å². The van der Waals surface area contributed by atoms with Gasteiger partial charge >= 0.3 is 0 Å². The molecule has 0 aliphatic rings. The molecular formula is C17H23NO. The van der Waals surface area contributed by atoms with Crippen LogP contribution in [0.4, 0.5) is 0 Å². The van der Waals surface area contributed by atoms with Crippen LogP contribution in [0.25, 0.3) is 6.08 Å². The molecule has 0 unspecified atom stereocenters. The lowest BCUT2D eigenvalue weighted by Crippen LogP contribution is -2.14. The van der Waals surface area contributed by atoms with E-state index < -0.39 is 0 Å². The van der Waals surface area contributed by atoms with Crippen LogP contribution in [-0.4, -0.2) is 6.41 Å². The number of hydrogen-bond acceptors (Lipinski definition) is 1. The SMILES string of the molecule is CCC(C)(C)c1ccc(/C=C\C(C)=C/NC=O)cc1. The molecule has 1 aromatic rings. The fourth-order valence-electron chi connectivity index (χ4n) is 1.69. The molecule has 0 saturated heterocycles. The first-order valence-corrected chi connectivity index (χ1v) is 6.64. The summed E-state index contributed by atoms with van der Waals surface area (Å²) >= 11 is 0. The highest BCUT2D eigenvalue weighted by atomic mass is 16.1. The van der Waals surface area contributed by atoms with Gasteiger partial charge in [-0.1, -0.05) is 57.2 Å². The molecule has 0 aromatic heterocycles. The number of amides is 1. The first kappa shape index (κ1) is 15.2. The monoisotopic (exact) mass is 257 g/mol. The minimum absolute atomic E-state index is 0.228. The molecule has 0 aliphatic heterocycles. The van der Waals surface area contributed by atoms with Gasteiger partial charge in [-0.05, 0) is 35.5 Å². The fourth-order valence-corrected chi connectivity index (χ4v) is 1.69. The second kappa shape index (κ2) is 6.93. The van der Waals surface area contributed by atoms with Crippen molar-refractivity contribution < 1.29 is 4.79 Å². The Kier molecular flexibility index (Phi) is 5.56. The maximum Gasteiger partial charge on any atom is 0.211 e. The Hall–Kier alpha value is -1.83. The second-order valence-corrected chi connectivity index (χ2v) is 5.37. The van der Waals surface area contributed by atoms with Crippen molar-refractivity contribution in [1.82, 2.24) is 5.32 Å². The molecule has 0 bridgehead atoms. The molecule has 2 nitrogen and oxygen atoms in total. The molecule has 0 atom stereocenters. The summed E-state index contributed by atoms with van der Waals surface area (Å²) in [6.07, 6.45) is 7.50. The Balaban J connectivity index is 2.77. The molecule has 19 heavy (non-hydrogen) atoms. The van der Waals surface area contributed by atoms with E-state index in [0.717, 1.165) is 17.6 Å². The molecule has 0 spiro atoms. The van der Waals surface area contributed by atoms with Crippen LogP contribution in [0.5, 0.6) is 0 Å². The zero-order valence-corrected chi connectivity index (χ0v) is 12.2. The van der Waals surface area contributed by atoms with Crippen LogP contribution in [0.15, 0.2) is 42.1 Å². The van der Waals surface area contributed by atoms with E-state index in [9.17, 15) is 4.79 Å². The number of rotatable bonds is 6. The van der Waals surface area contributed by atoms with Gasteiger partial charge in [0.1, 0.15) is 0 Å². The van der Waals surface area contributed by atoms with E-state index >= 15 is 0 Å². The summed E-state index contributed by atoms with van der Waals surface area (Å²) in [6.45, 7) is 8.68. The topological polar surface area (TPSA) is 29.1 Å². The Morgan fingerprint density at radius 1 is 1.26 bits per heavy atom. The van der Waals surface area contributed by atoms with Crippen LogP contribution >= 0.6 is 0 Å². The minimum atomic E-state index is 0.228. The molecule has 102 valence electrons. The number of benzene rings is 1. The van der Waals surface area contributed by atoms with E-state index in [-0.39, 0.29) is 5.41 Å². The molecule has 0 saturated carbocycles. The highest BCUT2D eigenvalue weighted by Crippen LogP contribution is 2.26. The second-order valence-electron chi connectivity index (χ2n) is 5.37. The Labute approximate surface area is 116 Å². The summed E-state index contributed by atoms with van der Waals surface area (Å²) in [5, 5.41) is 2.53. The van der Waals surface area contributed by atoms with E-state index in [1.807, 2.05) is 19.1 Å². The van der Waals surface area contributed by atoms with Crippen LogP contribution in [0.3, 0.4) is 0 Å². The van der Waals surface area contributed by atoms with Crippen LogP contribution in [0.1, 0.15) is 45.2 Å². The van der Waals surface area contributed by atoms with Crippen molar-refractivity contribution in [1.29, 1.82) is 0 Å². The van der Waals surface area contributed by atoms with Crippen LogP contribution in [0, 0.1) is 0 Å². The molecule has 0 radical (unpaired) electrons. The summed E-state index contributed by atoms with van der Waals surface area (Å²) in [5.41, 5.74) is 3.76. The van der Waals surface area contributed by atoms with Gasteiger partial charge in [-0.15, -0.1) is 0 Å². The molecule has 2 heteroatoms. The van der Waals surface area contributed by atoms with Crippen molar-refractivity contribution >= 4 is 12.5 Å². The predicted octanol–water partition coefficient (Wildman–Crippen LogP) is 4.04. The summed E-state index contributed by atoms with van der Waals surface area (Å²) in [7, 11) is 0. The summed E-state index contributed by atoms with van der Waals surface area (Å²) < 4.78 is 0. The summed E-state index contributed by atoms with van der Waals surface area (Å²) in [5.74, 6) is 0. The minimum Gasteiger partial charge on any atom is -0.335 e. The van der Waals surface area contributed by atoms with Gasteiger partial charge in [-0.3, -0.25) is 4.79 Å². The first-order chi connectivity index (χ1) is 8.99. The number of carbonyl (C=O) groups excluding carboxylic acids is 1. The van der Waals surface area contributed by atoms with E-state index in [2.05, 4.69) is 50.4 Å². The number of allylic oxidation sites excluding steroid dienone is 2. The van der Waals surface area contributed by atoms with E-state index in [1.54, 1.807) is 6.20 Å². The van der Waals surface area contributed by atoms with Crippen molar-refractivity contribution in [2.24, 2.45) is 0 Å². The first-order valence-electron chi connectivity index (χ1n) is 6.64. The van der Waals surface area contributed by atoms with Crippen LogP contribution in [0.2, 0.25) is 0 Å². The van der Waals surface area contributed by atoms with E-state index in [1.165, 1.54) is 5.56 Å². The van der Waals surface area contributed by atoms with Gasteiger partial charge in [0.05, 0.1) is 0 Å². The number of hydrogen-bond donors (Lipinski definition) is 1. The third kappa shape index (κ3) is 4.74. The molecule has 1 N–H and O–H groups in total. The van der Waals surface area contributed by atoms with Gasteiger partial charge in [-0.25, -0.2) is 0 Å². The lowest BCUT2D eigenvalue weighted by Gasteiger charge is -2.23. The standard InChI is InChI=1S/C17H23NO/c1-5-17(3,4)16-10-8-15(9-11-16)7-6-14(2)12-18-13-19/h6-13H,5H2,1-4H3,(H,18,19)/b7-6-,14-12-. The van der Waals surface area contributed by atoms with Gasteiger partial charge < -0.3 is 5.32 Å². The molecule has 1 aromatic carbocycles. The third-order valence-electron chi connectivity index (χ3n) is 3.49. The molecular weight excluding hydrogens is 234 g/mol. The Morgan fingerprint density at radius 2 is 1.89 bits per heavy atom. The van der Waals surface area contributed by atoms with E-state index in [0.29, 0.717) is 6.41 Å². The number of nitrogens with one attached hydrogen (secondary N) is 1. The van der Waals surface area contributed by atoms with Crippen molar-refractivity contribution in [3.63, 3.8) is 0 Å². The quantitative estimate of drug-likeness (QED) is 0.605. The zero-order chi connectivity index (χ0) is 14.3. The number of carbonyl (C=O) groups is 1. The van der Waals surface area contributed by atoms with Gasteiger partial charge in [0, 0.05) is 6.20 Å². The zero-order valence-electron chi connectivity index (χ0n) is 12.2. The molecule has 0 aliphatic carbocycles. The van der Waals surface area contributed by atoms with Gasteiger partial charge in [0.2, 0.25) is 6.41 Å². The maximum absolute atomic E-state index is 10.2. The van der Waals surface area contributed by atoms with Crippen LogP contribution in [-0.2, 0) is 10.2 Å². The third-order valence-corrected chi connectivity index (χ3v) is 3.49. The predicted molar refractivity (Wildman–Crippen MR) is 81.7 cm³/mol. The molecule has 0 fully saturated rings. The highest BCUT2D eigenvalue weighted by molar-refractivity contribution is 5.54. The van der Waals surface area contributed by atoms with Crippen molar-refractivity contribution in [2.45, 2.75) is 39.5 Å².